The van der Waals surface area contributed by atoms with Crippen LogP contribution >= 0.6 is 0 Å². The average molecular weight is 424 g/mol. The van der Waals surface area contributed by atoms with Crippen LogP contribution in [0.5, 0.6) is 0 Å². The fourth-order valence-corrected chi connectivity index (χ4v) is 4.27. The molecule has 0 saturated heterocycles. The summed E-state index contributed by atoms with van der Waals surface area (Å²) in [6, 6.07) is 9.05. The van der Waals surface area contributed by atoms with Gasteiger partial charge in [0.05, 0.1) is 16.9 Å². The van der Waals surface area contributed by atoms with Gasteiger partial charge in [0.2, 0.25) is 0 Å². The van der Waals surface area contributed by atoms with Gasteiger partial charge in [-0.3, -0.25) is 10.2 Å². The van der Waals surface area contributed by atoms with Gasteiger partial charge in [-0.15, -0.1) is 0 Å². The number of carbonyl (C=O) groups is 1. The number of amides is 1. The van der Waals surface area contributed by atoms with Crippen molar-refractivity contribution in [3.05, 3.63) is 35.4 Å². The van der Waals surface area contributed by atoms with Gasteiger partial charge < -0.3 is 16.0 Å². The molecule has 1 atom stereocenters. The number of pyridine rings is 1. The molecule has 1 aliphatic rings. The third kappa shape index (κ3) is 6.50. The van der Waals surface area contributed by atoms with E-state index >= 15 is 0 Å². The van der Waals surface area contributed by atoms with Crippen molar-refractivity contribution < 1.29 is 4.79 Å². The van der Waals surface area contributed by atoms with Crippen LogP contribution in [0.2, 0.25) is 0 Å². The second kappa shape index (κ2) is 11.2. The summed E-state index contributed by atoms with van der Waals surface area (Å²) in [4.78, 5) is 17.6. The highest BCUT2D eigenvalue weighted by Gasteiger charge is 2.18. The lowest BCUT2D eigenvalue weighted by Gasteiger charge is -2.28. The van der Waals surface area contributed by atoms with Crippen molar-refractivity contribution in [2.45, 2.75) is 84.2 Å². The number of aryl methyl sites for hydroxylation is 1. The van der Waals surface area contributed by atoms with Gasteiger partial charge in [-0.1, -0.05) is 44.7 Å². The van der Waals surface area contributed by atoms with Gasteiger partial charge in [0, 0.05) is 30.4 Å². The number of carbonyl (C=O) groups excluding carboxylic acids is 1. The quantitative estimate of drug-likeness (QED) is 0.331. The molecule has 1 aromatic carbocycles. The summed E-state index contributed by atoms with van der Waals surface area (Å²) in [6.45, 7) is 6.86. The molecule has 6 nitrogen and oxygen atoms in total. The van der Waals surface area contributed by atoms with Crippen molar-refractivity contribution in [3.8, 4) is 0 Å². The van der Waals surface area contributed by atoms with Gasteiger partial charge in [-0.2, -0.15) is 0 Å². The van der Waals surface area contributed by atoms with E-state index in [4.69, 9.17) is 10.4 Å². The molecule has 4 N–H and O–H groups in total. The molecule has 0 aliphatic heterocycles. The van der Waals surface area contributed by atoms with Crippen LogP contribution in [0, 0.1) is 12.3 Å². The van der Waals surface area contributed by atoms with Gasteiger partial charge in [-0.25, -0.2) is 4.98 Å². The number of hydrogen-bond acceptors (Lipinski definition) is 5. The van der Waals surface area contributed by atoms with E-state index in [1.165, 1.54) is 32.1 Å². The lowest BCUT2D eigenvalue weighted by molar-refractivity contribution is 0.0977. The predicted molar refractivity (Wildman–Crippen MR) is 129 cm³/mol. The first-order chi connectivity index (χ1) is 15.0. The van der Waals surface area contributed by atoms with E-state index in [9.17, 15) is 4.79 Å². The first kappa shape index (κ1) is 23.2. The van der Waals surface area contributed by atoms with Crippen molar-refractivity contribution >= 4 is 28.5 Å². The Hall–Kier alpha value is -2.47. The molecule has 1 aromatic heterocycles. The highest BCUT2D eigenvalue weighted by atomic mass is 16.1. The average Bonchev–Trinajstić information content (AvgIpc) is 2.78. The highest BCUT2D eigenvalue weighted by Crippen LogP contribution is 2.23. The third-order valence-corrected chi connectivity index (χ3v) is 6.19. The molecule has 31 heavy (non-hydrogen) atoms. The van der Waals surface area contributed by atoms with Crippen LogP contribution in [0.1, 0.15) is 81.1 Å². The number of aromatic nitrogens is 1. The summed E-state index contributed by atoms with van der Waals surface area (Å²) in [5.41, 5.74) is 2.48. The number of anilines is 1. The molecule has 1 fully saturated rings. The Morgan fingerprint density at radius 2 is 1.97 bits per heavy atom. The number of hydrogen-bond donors (Lipinski definition) is 4. The normalized spacial score (nSPS) is 15.6. The van der Waals surface area contributed by atoms with E-state index in [-0.39, 0.29) is 11.7 Å². The van der Waals surface area contributed by atoms with Crippen molar-refractivity contribution in [1.82, 2.24) is 15.6 Å². The number of fused-ring (bicyclic) bond motifs is 1. The van der Waals surface area contributed by atoms with Crippen molar-refractivity contribution in [2.75, 3.05) is 11.9 Å². The second-order valence-corrected chi connectivity index (χ2v) is 8.69. The molecule has 1 heterocycles. The summed E-state index contributed by atoms with van der Waals surface area (Å²) in [6.07, 6.45) is 9.14. The number of benzene rings is 1. The van der Waals surface area contributed by atoms with Crippen LogP contribution in [0.4, 0.5) is 5.82 Å². The fraction of sp³-hybridized carbons (Fsp3) is 0.560. The minimum Gasteiger partial charge on any atom is -0.369 e. The smallest absolute Gasteiger partial charge is 0.260 e. The Morgan fingerprint density at radius 1 is 1.19 bits per heavy atom. The largest absolute Gasteiger partial charge is 0.369 e. The minimum atomic E-state index is -0.280. The number of amidine groups is 1. The van der Waals surface area contributed by atoms with E-state index in [1.54, 1.807) is 0 Å². The van der Waals surface area contributed by atoms with Crippen LogP contribution in [0.3, 0.4) is 0 Å². The molecule has 3 rings (SSSR count). The van der Waals surface area contributed by atoms with Crippen LogP contribution < -0.4 is 16.0 Å². The maximum atomic E-state index is 12.8. The zero-order valence-electron chi connectivity index (χ0n) is 19.2. The Balaban J connectivity index is 1.72. The summed E-state index contributed by atoms with van der Waals surface area (Å²) < 4.78 is 0. The zero-order chi connectivity index (χ0) is 22.2. The second-order valence-electron chi connectivity index (χ2n) is 8.69. The molecule has 2 aromatic rings. The Bertz CT molecular complexity index is 904. The first-order valence-corrected chi connectivity index (χ1v) is 11.8. The monoisotopic (exact) mass is 423 g/mol. The van der Waals surface area contributed by atoms with Crippen molar-refractivity contribution in [1.29, 1.82) is 5.41 Å². The minimum absolute atomic E-state index is 0.211. The lowest BCUT2D eigenvalue weighted by atomic mass is 9.94. The molecule has 1 unspecified atom stereocenters. The molecule has 6 heteroatoms. The molecule has 168 valence electrons. The predicted octanol–water partition coefficient (Wildman–Crippen LogP) is 5.16. The third-order valence-electron chi connectivity index (χ3n) is 6.19. The molecular weight excluding hydrogens is 386 g/mol. The van der Waals surface area contributed by atoms with E-state index in [2.05, 4.69) is 22.9 Å². The fourth-order valence-electron chi connectivity index (χ4n) is 4.27. The Morgan fingerprint density at radius 3 is 2.68 bits per heavy atom. The molecule has 1 saturated carbocycles. The van der Waals surface area contributed by atoms with E-state index in [1.807, 2.05) is 38.1 Å². The van der Waals surface area contributed by atoms with Crippen molar-refractivity contribution in [2.24, 2.45) is 0 Å². The van der Waals surface area contributed by atoms with Crippen LogP contribution in [-0.4, -0.2) is 35.4 Å². The zero-order valence-corrected chi connectivity index (χ0v) is 19.2. The summed E-state index contributed by atoms with van der Waals surface area (Å²) in [5, 5.41) is 18.7. The van der Waals surface area contributed by atoms with E-state index in [0.717, 1.165) is 35.9 Å². The summed E-state index contributed by atoms with van der Waals surface area (Å²) >= 11 is 0. The first-order valence-electron chi connectivity index (χ1n) is 11.8. The summed E-state index contributed by atoms with van der Waals surface area (Å²) in [7, 11) is 0. The molecule has 0 radical (unpaired) electrons. The number of rotatable bonds is 9. The van der Waals surface area contributed by atoms with E-state index < -0.39 is 0 Å². The standard InChI is InChI=1S/C25H37N5O/c1-4-19(28-20-9-7-6-8-10-20)13-14-27-24-21(25(31)30-23(26)5-2)16-18-15-17(3)11-12-22(18)29-24/h11-12,15-16,19-20,28H,4-10,13-14H2,1-3H3,(H,27,29)(H2,26,30,31). The van der Waals surface area contributed by atoms with Crippen LogP contribution in [-0.2, 0) is 0 Å². The van der Waals surface area contributed by atoms with Gasteiger partial charge in [0.25, 0.3) is 5.91 Å². The SMILES string of the molecule is CCC(=N)NC(=O)c1cc2cc(C)ccc2nc1NCCC(CC)NC1CCCCC1. The van der Waals surface area contributed by atoms with E-state index in [0.29, 0.717) is 29.9 Å². The Kier molecular flexibility index (Phi) is 8.41. The maximum Gasteiger partial charge on any atom is 0.260 e. The van der Waals surface area contributed by atoms with Crippen LogP contribution in [0.25, 0.3) is 10.9 Å². The van der Waals surface area contributed by atoms with Gasteiger partial charge in [0.1, 0.15) is 5.82 Å². The molecular formula is C25H37N5O. The molecule has 1 amide bonds. The number of nitrogens with zero attached hydrogens (tertiary/aromatic N) is 1. The van der Waals surface area contributed by atoms with Gasteiger partial charge >= 0.3 is 0 Å². The van der Waals surface area contributed by atoms with Crippen molar-refractivity contribution in [3.63, 3.8) is 0 Å². The Labute approximate surface area is 186 Å². The summed E-state index contributed by atoms with van der Waals surface area (Å²) in [5.74, 6) is 0.519. The van der Waals surface area contributed by atoms with Gasteiger partial charge in [-0.05, 0) is 50.8 Å². The van der Waals surface area contributed by atoms with Crippen LogP contribution in [0.15, 0.2) is 24.3 Å². The van der Waals surface area contributed by atoms with Gasteiger partial charge in [0.15, 0.2) is 0 Å². The molecule has 0 bridgehead atoms. The molecule has 0 spiro atoms. The lowest BCUT2D eigenvalue weighted by Crippen LogP contribution is -2.40. The maximum absolute atomic E-state index is 12.8. The molecule has 1 aliphatic carbocycles. The highest BCUT2D eigenvalue weighted by molar-refractivity contribution is 6.09. The topological polar surface area (TPSA) is 89.9 Å². The number of nitrogens with one attached hydrogen (secondary N) is 4.